The predicted octanol–water partition coefficient (Wildman–Crippen LogP) is 1.50. The Bertz CT molecular complexity index is 497. The molecule has 3 rings (SSSR count). The normalized spacial score (nSPS) is 23.4. The van der Waals surface area contributed by atoms with Crippen LogP contribution in [0, 0.1) is 6.92 Å². The van der Waals surface area contributed by atoms with E-state index >= 15 is 0 Å². The second-order valence-electron chi connectivity index (χ2n) is 4.96. The van der Waals surface area contributed by atoms with Crippen molar-refractivity contribution in [3.05, 3.63) is 21.9 Å². The number of amides is 2. The number of hydrogen-bond donors (Lipinski definition) is 0. The van der Waals surface area contributed by atoms with Crippen LogP contribution in [0.3, 0.4) is 0 Å². The average molecular weight is 264 g/mol. The number of aryl methyl sites for hydroxylation is 1. The summed E-state index contributed by atoms with van der Waals surface area (Å²) in [4.78, 5) is 28.7. The molecule has 0 aliphatic carbocycles. The van der Waals surface area contributed by atoms with Crippen LogP contribution in [0.15, 0.2) is 11.4 Å². The minimum absolute atomic E-state index is 0.126. The molecule has 0 aromatic carbocycles. The molecule has 4 nitrogen and oxygen atoms in total. The summed E-state index contributed by atoms with van der Waals surface area (Å²) in [5.41, 5.74) is 1.05. The van der Waals surface area contributed by atoms with Gasteiger partial charge in [0.1, 0.15) is 0 Å². The van der Waals surface area contributed by atoms with E-state index in [0.717, 1.165) is 16.9 Å². The van der Waals surface area contributed by atoms with Gasteiger partial charge in [0.05, 0.1) is 4.88 Å². The molecule has 0 spiro atoms. The number of hydrogen-bond acceptors (Lipinski definition) is 3. The summed E-state index contributed by atoms with van der Waals surface area (Å²) >= 11 is 1.51. The van der Waals surface area contributed by atoms with E-state index in [9.17, 15) is 9.59 Å². The first-order valence-electron chi connectivity index (χ1n) is 6.29. The van der Waals surface area contributed by atoms with Crippen molar-refractivity contribution < 1.29 is 9.59 Å². The molecule has 1 aromatic rings. The third-order valence-electron chi connectivity index (χ3n) is 3.84. The molecule has 0 saturated carbocycles. The van der Waals surface area contributed by atoms with E-state index in [4.69, 9.17) is 0 Å². The van der Waals surface area contributed by atoms with E-state index in [2.05, 4.69) is 0 Å². The minimum Gasteiger partial charge on any atom is -0.336 e. The van der Waals surface area contributed by atoms with E-state index in [0.29, 0.717) is 26.1 Å². The molecule has 0 N–H and O–H groups in total. The van der Waals surface area contributed by atoms with Gasteiger partial charge in [-0.25, -0.2) is 0 Å². The van der Waals surface area contributed by atoms with Crippen LogP contribution in [0.5, 0.6) is 0 Å². The van der Waals surface area contributed by atoms with Gasteiger partial charge in [-0.1, -0.05) is 0 Å². The van der Waals surface area contributed by atoms with Crippen molar-refractivity contribution in [3.8, 4) is 0 Å². The molecule has 0 bridgehead atoms. The van der Waals surface area contributed by atoms with Gasteiger partial charge in [0.15, 0.2) is 0 Å². The highest BCUT2D eigenvalue weighted by Gasteiger charge is 2.37. The lowest BCUT2D eigenvalue weighted by molar-refractivity contribution is -0.130. The van der Waals surface area contributed by atoms with E-state index in [1.165, 1.54) is 11.3 Å². The van der Waals surface area contributed by atoms with Crippen LogP contribution in [-0.2, 0) is 4.79 Å². The Kier molecular flexibility index (Phi) is 2.86. The van der Waals surface area contributed by atoms with Gasteiger partial charge in [-0.3, -0.25) is 9.59 Å². The van der Waals surface area contributed by atoms with E-state index in [-0.39, 0.29) is 17.9 Å². The predicted molar refractivity (Wildman–Crippen MR) is 69.7 cm³/mol. The zero-order valence-electron chi connectivity index (χ0n) is 10.4. The van der Waals surface area contributed by atoms with E-state index in [1.54, 1.807) is 0 Å². The smallest absolute Gasteiger partial charge is 0.264 e. The van der Waals surface area contributed by atoms with Gasteiger partial charge in [0.2, 0.25) is 5.91 Å². The van der Waals surface area contributed by atoms with Crippen molar-refractivity contribution in [2.45, 2.75) is 25.8 Å². The maximum absolute atomic E-state index is 12.4. The Morgan fingerprint density at radius 3 is 3.00 bits per heavy atom. The SMILES string of the molecule is Cc1ccsc1C(=O)N1CCN2C(=O)CCC2C1. The summed E-state index contributed by atoms with van der Waals surface area (Å²) in [7, 11) is 0. The quantitative estimate of drug-likeness (QED) is 0.771. The number of rotatable bonds is 1. The maximum atomic E-state index is 12.4. The third-order valence-corrected chi connectivity index (χ3v) is 4.84. The van der Waals surface area contributed by atoms with Crippen LogP contribution < -0.4 is 0 Å². The van der Waals surface area contributed by atoms with Gasteiger partial charge in [-0.15, -0.1) is 11.3 Å². The van der Waals surface area contributed by atoms with Crippen LogP contribution in [0.2, 0.25) is 0 Å². The molecule has 2 fully saturated rings. The van der Waals surface area contributed by atoms with Crippen LogP contribution in [-0.4, -0.2) is 47.3 Å². The first-order chi connectivity index (χ1) is 8.66. The van der Waals surface area contributed by atoms with Crippen molar-refractivity contribution in [1.29, 1.82) is 0 Å². The largest absolute Gasteiger partial charge is 0.336 e. The number of carbonyl (C=O) groups excluding carboxylic acids is 2. The third kappa shape index (κ3) is 1.82. The highest BCUT2D eigenvalue weighted by molar-refractivity contribution is 7.12. The molecule has 2 aliphatic heterocycles. The topological polar surface area (TPSA) is 40.6 Å². The number of piperazine rings is 1. The maximum Gasteiger partial charge on any atom is 0.264 e. The lowest BCUT2D eigenvalue weighted by Crippen LogP contribution is -2.53. The van der Waals surface area contributed by atoms with E-state index in [1.807, 2.05) is 28.2 Å². The van der Waals surface area contributed by atoms with E-state index < -0.39 is 0 Å². The van der Waals surface area contributed by atoms with Gasteiger partial charge >= 0.3 is 0 Å². The number of fused-ring (bicyclic) bond motifs is 1. The zero-order chi connectivity index (χ0) is 12.7. The molecule has 2 amide bonds. The fourth-order valence-corrected chi connectivity index (χ4v) is 3.68. The summed E-state index contributed by atoms with van der Waals surface area (Å²) in [5.74, 6) is 0.376. The number of thiophene rings is 1. The average Bonchev–Trinajstić information content (AvgIpc) is 2.95. The molecule has 1 atom stereocenters. The van der Waals surface area contributed by atoms with Crippen molar-refractivity contribution in [1.82, 2.24) is 9.80 Å². The second kappa shape index (κ2) is 4.39. The molecular formula is C13H16N2O2S. The minimum atomic E-state index is 0.126. The molecule has 3 heterocycles. The molecule has 2 saturated heterocycles. The summed E-state index contributed by atoms with van der Waals surface area (Å²) in [6, 6.07) is 2.23. The molecule has 2 aliphatic rings. The van der Waals surface area contributed by atoms with Crippen molar-refractivity contribution in [3.63, 3.8) is 0 Å². The van der Waals surface area contributed by atoms with Crippen molar-refractivity contribution in [2.75, 3.05) is 19.6 Å². The molecule has 1 unspecified atom stereocenters. The molecule has 18 heavy (non-hydrogen) atoms. The van der Waals surface area contributed by atoms with Gasteiger partial charge < -0.3 is 9.80 Å². The monoisotopic (exact) mass is 264 g/mol. The zero-order valence-corrected chi connectivity index (χ0v) is 11.2. The number of carbonyl (C=O) groups is 2. The van der Waals surface area contributed by atoms with Gasteiger partial charge in [-0.2, -0.15) is 0 Å². The highest BCUT2D eigenvalue weighted by Crippen LogP contribution is 2.25. The van der Waals surface area contributed by atoms with Crippen LogP contribution in [0.1, 0.15) is 28.1 Å². The highest BCUT2D eigenvalue weighted by atomic mass is 32.1. The van der Waals surface area contributed by atoms with Crippen LogP contribution in [0.25, 0.3) is 0 Å². The molecule has 0 radical (unpaired) electrons. The second-order valence-corrected chi connectivity index (χ2v) is 5.88. The molecule has 5 heteroatoms. The first-order valence-corrected chi connectivity index (χ1v) is 7.17. The van der Waals surface area contributed by atoms with Gasteiger partial charge in [0.25, 0.3) is 5.91 Å². The standard InChI is InChI=1S/C13H16N2O2S/c1-9-4-7-18-12(9)13(17)14-5-6-15-10(8-14)2-3-11(15)16/h4,7,10H,2-3,5-6,8H2,1H3. The Morgan fingerprint density at radius 1 is 1.44 bits per heavy atom. The van der Waals surface area contributed by atoms with Crippen LogP contribution in [0.4, 0.5) is 0 Å². The molecule has 96 valence electrons. The van der Waals surface area contributed by atoms with Gasteiger partial charge in [0, 0.05) is 32.1 Å². The Morgan fingerprint density at radius 2 is 2.28 bits per heavy atom. The van der Waals surface area contributed by atoms with Crippen molar-refractivity contribution in [2.24, 2.45) is 0 Å². The fraction of sp³-hybridized carbons (Fsp3) is 0.538. The summed E-state index contributed by atoms with van der Waals surface area (Å²) in [6.07, 6.45) is 1.54. The molecule has 1 aromatic heterocycles. The lowest BCUT2D eigenvalue weighted by Gasteiger charge is -2.37. The summed E-state index contributed by atoms with van der Waals surface area (Å²) in [5, 5.41) is 1.96. The lowest BCUT2D eigenvalue weighted by atomic mass is 10.1. The Hall–Kier alpha value is -1.36. The molecular weight excluding hydrogens is 248 g/mol. The van der Waals surface area contributed by atoms with Crippen LogP contribution >= 0.6 is 11.3 Å². The van der Waals surface area contributed by atoms with Crippen molar-refractivity contribution >= 4 is 23.2 Å². The Balaban J connectivity index is 1.74. The fourth-order valence-electron chi connectivity index (χ4n) is 2.78. The van der Waals surface area contributed by atoms with Gasteiger partial charge in [-0.05, 0) is 30.4 Å². The Labute approximate surface area is 110 Å². The first kappa shape index (κ1) is 11.7. The number of nitrogens with zero attached hydrogens (tertiary/aromatic N) is 2. The summed E-state index contributed by atoms with van der Waals surface area (Å²) in [6.45, 7) is 4.03. The summed E-state index contributed by atoms with van der Waals surface area (Å²) < 4.78 is 0.